The Morgan fingerprint density at radius 1 is 1.04 bits per heavy atom. The van der Waals surface area contributed by atoms with Crippen LogP contribution in [0.2, 0.25) is 0 Å². The zero-order chi connectivity index (χ0) is 16.9. The van der Waals surface area contributed by atoms with Crippen molar-refractivity contribution in [3.8, 4) is 5.75 Å². The van der Waals surface area contributed by atoms with E-state index >= 15 is 0 Å². The molecule has 3 nitrogen and oxygen atoms in total. The number of hydrogen-bond acceptors (Lipinski definition) is 2. The number of rotatable bonds is 4. The molecule has 3 aromatic rings. The molecule has 0 fully saturated rings. The largest absolute Gasteiger partial charge is 0.497 e. The maximum Gasteiger partial charge on any atom is 0.248 e. The summed E-state index contributed by atoms with van der Waals surface area (Å²) in [6.45, 7) is 0. The smallest absolute Gasteiger partial charge is 0.248 e. The van der Waals surface area contributed by atoms with Crippen molar-refractivity contribution in [2.45, 2.75) is 0 Å². The van der Waals surface area contributed by atoms with Gasteiger partial charge in [-0.3, -0.25) is 4.79 Å². The van der Waals surface area contributed by atoms with Gasteiger partial charge in [0.15, 0.2) is 0 Å². The number of amides is 1. The molecule has 0 atom stereocenters. The number of halogens is 1. The average molecular weight is 321 g/mol. The van der Waals surface area contributed by atoms with Crippen molar-refractivity contribution in [3.05, 3.63) is 78.1 Å². The van der Waals surface area contributed by atoms with Crippen molar-refractivity contribution in [3.63, 3.8) is 0 Å². The normalized spacial score (nSPS) is 10.9. The van der Waals surface area contributed by atoms with Crippen molar-refractivity contribution in [2.24, 2.45) is 0 Å². The lowest BCUT2D eigenvalue weighted by Gasteiger charge is -2.04. The Morgan fingerprint density at radius 2 is 1.79 bits per heavy atom. The van der Waals surface area contributed by atoms with Gasteiger partial charge in [-0.15, -0.1) is 0 Å². The second kappa shape index (κ2) is 6.96. The highest BCUT2D eigenvalue weighted by Gasteiger charge is 2.03. The van der Waals surface area contributed by atoms with E-state index in [1.807, 2.05) is 36.4 Å². The third-order valence-corrected chi connectivity index (χ3v) is 3.63. The van der Waals surface area contributed by atoms with Crippen LogP contribution in [0.25, 0.3) is 16.8 Å². The van der Waals surface area contributed by atoms with E-state index in [1.165, 1.54) is 18.2 Å². The Labute approximate surface area is 139 Å². The molecule has 0 bridgehead atoms. The molecule has 120 valence electrons. The van der Waals surface area contributed by atoms with Crippen LogP contribution in [-0.2, 0) is 4.79 Å². The molecule has 3 aromatic carbocycles. The van der Waals surface area contributed by atoms with Crippen molar-refractivity contribution >= 4 is 28.4 Å². The van der Waals surface area contributed by atoms with Crippen LogP contribution in [0.15, 0.2) is 66.7 Å². The summed E-state index contributed by atoms with van der Waals surface area (Å²) in [5.74, 6) is -0.0381. The van der Waals surface area contributed by atoms with Crippen LogP contribution in [0.1, 0.15) is 5.56 Å². The predicted octanol–water partition coefficient (Wildman–Crippen LogP) is 4.64. The van der Waals surface area contributed by atoms with Crippen molar-refractivity contribution in [1.29, 1.82) is 0 Å². The first kappa shape index (κ1) is 15.7. The van der Waals surface area contributed by atoms with Gasteiger partial charge in [0.05, 0.1) is 12.8 Å². The topological polar surface area (TPSA) is 38.3 Å². The fourth-order valence-corrected chi connectivity index (χ4v) is 2.38. The number of hydrogen-bond donors (Lipinski definition) is 1. The quantitative estimate of drug-likeness (QED) is 0.711. The van der Waals surface area contributed by atoms with E-state index in [-0.39, 0.29) is 11.6 Å². The Hall–Kier alpha value is -3.14. The molecule has 0 heterocycles. The van der Waals surface area contributed by atoms with E-state index in [9.17, 15) is 9.18 Å². The molecule has 0 saturated heterocycles. The zero-order valence-electron chi connectivity index (χ0n) is 13.1. The number of para-hydroxylation sites is 1. The van der Waals surface area contributed by atoms with Crippen LogP contribution >= 0.6 is 0 Å². The lowest BCUT2D eigenvalue weighted by Crippen LogP contribution is -2.08. The molecule has 0 aliphatic carbocycles. The summed E-state index contributed by atoms with van der Waals surface area (Å²) in [5.41, 5.74) is 1.05. The minimum atomic E-state index is -0.459. The number of methoxy groups -OCH3 is 1. The van der Waals surface area contributed by atoms with E-state index in [4.69, 9.17) is 4.74 Å². The van der Waals surface area contributed by atoms with Crippen LogP contribution < -0.4 is 10.1 Å². The number of anilines is 1. The van der Waals surface area contributed by atoms with Gasteiger partial charge in [-0.2, -0.15) is 0 Å². The molecule has 0 spiro atoms. The zero-order valence-corrected chi connectivity index (χ0v) is 13.1. The first-order chi connectivity index (χ1) is 11.7. The molecule has 0 aliphatic rings. The monoisotopic (exact) mass is 321 g/mol. The fraction of sp³-hybridized carbons (Fsp3) is 0.0500. The molecule has 0 aromatic heterocycles. The van der Waals surface area contributed by atoms with Gasteiger partial charge in [0, 0.05) is 6.08 Å². The summed E-state index contributed by atoms with van der Waals surface area (Å²) >= 11 is 0. The van der Waals surface area contributed by atoms with E-state index in [1.54, 1.807) is 25.3 Å². The molecule has 0 unspecified atom stereocenters. The van der Waals surface area contributed by atoms with Gasteiger partial charge < -0.3 is 10.1 Å². The van der Waals surface area contributed by atoms with Crippen LogP contribution in [0, 0.1) is 5.82 Å². The molecule has 0 saturated carbocycles. The maximum absolute atomic E-state index is 13.5. The number of carbonyl (C=O) groups excluding carboxylic acids is 1. The van der Waals surface area contributed by atoms with Gasteiger partial charge in [0.2, 0.25) is 5.91 Å². The van der Waals surface area contributed by atoms with Gasteiger partial charge in [0.1, 0.15) is 11.6 Å². The Morgan fingerprint density at radius 3 is 2.58 bits per heavy atom. The number of fused-ring (bicyclic) bond motifs is 1. The summed E-state index contributed by atoms with van der Waals surface area (Å²) in [6, 6.07) is 17.7. The summed E-state index contributed by atoms with van der Waals surface area (Å²) in [6.07, 6.45) is 3.08. The van der Waals surface area contributed by atoms with Gasteiger partial charge in [0.25, 0.3) is 0 Å². The lowest BCUT2D eigenvalue weighted by molar-refractivity contribution is -0.111. The molecule has 4 heteroatoms. The van der Waals surface area contributed by atoms with Crippen LogP contribution in [0.3, 0.4) is 0 Å². The first-order valence-electron chi connectivity index (χ1n) is 7.47. The van der Waals surface area contributed by atoms with Crippen molar-refractivity contribution in [1.82, 2.24) is 0 Å². The lowest BCUT2D eigenvalue weighted by atomic mass is 10.1. The van der Waals surface area contributed by atoms with Crippen LogP contribution in [-0.4, -0.2) is 13.0 Å². The van der Waals surface area contributed by atoms with E-state index in [2.05, 4.69) is 5.32 Å². The summed E-state index contributed by atoms with van der Waals surface area (Å²) in [4.78, 5) is 11.9. The van der Waals surface area contributed by atoms with Gasteiger partial charge in [-0.25, -0.2) is 4.39 Å². The number of ether oxygens (including phenoxy) is 1. The van der Waals surface area contributed by atoms with Gasteiger partial charge >= 0.3 is 0 Å². The van der Waals surface area contributed by atoms with Crippen molar-refractivity contribution in [2.75, 3.05) is 12.4 Å². The Kier molecular flexibility index (Phi) is 4.57. The molecule has 3 rings (SSSR count). The highest BCUT2D eigenvalue weighted by molar-refractivity contribution is 6.02. The molecule has 0 aliphatic heterocycles. The third-order valence-electron chi connectivity index (χ3n) is 3.63. The highest BCUT2D eigenvalue weighted by Crippen LogP contribution is 2.22. The first-order valence-corrected chi connectivity index (χ1v) is 7.47. The predicted molar refractivity (Wildman–Crippen MR) is 94.6 cm³/mol. The summed E-state index contributed by atoms with van der Waals surface area (Å²) in [7, 11) is 1.63. The second-order valence-corrected chi connectivity index (χ2v) is 5.27. The number of nitrogens with one attached hydrogen (secondary N) is 1. The van der Waals surface area contributed by atoms with Crippen LogP contribution in [0.4, 0.5) is 10.1 Å². The van der Waals surface area contributed by atoms with Gasteiger partial charge in [-0.1, -0.05) is 30.3 Å². The van der Waals surface area contributed by atoms with E-state index in [0.29, 0.717) is 0 Å². The van der Waals surface area contributed by atoms with Crippen molar-refractivity contribution < 1.29 is 13.9 Å². The van der Waals surface area contributed by atoms with E-state index in [0.717, 1.165) is 22.1 Å². The molecular formula is C20H16FNO2. The standard InChI is InChI=1S/C20H16FNO2/c1-24-17-10-9-15-12-14(6-8-16(15)13-17)7-11-20(23)22-19-5-3-2-4-18(19)21/h2-13H,1H3,(H,22,23)/b11-7+. The molecule has 24 heavy (non-hydrogen) atoms. The third kappa shape index (κ3) is 3.60. The Balaban J connectivity index is 1.75. The average Bonchev–Trinajstić information content (AvgIpc) is 2.61. The fourth-order valence-electron chi connectivity index (χ4n) is 2.38. The molecule has 0 radical (unpaired) electrons. The maximum atomic E-state index is 13.5. The van der Waals surface area contributed by atoms with E-state index < -0.39 is 5.82 Å². The molecular weight excluding hydrogens is 305 g/mol. The number of benzene rings is 3. The second-order valence-electron chi connectivity index (χ2n) is 5.27. The SMILES string of the molecule is COc1ccc2cc(/C=C/C(=O)Nc3ccccc3F)ccc2c1. The molecule has 1 amide bonds. The molecule has 1 N–H and O–H groups in total. The summed E-state index contributed by atoms with van der Waals surface area (Å²) in [5, 5.41) is 4.62. The van der Waals surface area contributed by atoms with Gasteiger partial charge in [-0.05, 0) is 52.7 Å². The van der Waals surface area contributed by atoms with Crippen LogP contribution in [0.5, 0.6) is 5.75 Å². The minimum absolute atomic E-state index is 0.165. The summed E-state index contributed by atoms with van der Waals surface area (Å²) < 4.78 is 18.7. The minimum Gasteiger partial charge on any atom is -0.497 e. The highest BCUT2D eigenvalue weighted by atomic mass is 19.1. The number of carbonyl (C=O) groups is 1. The Bertz CT molecular complexity index is 918.